The Morgan fingerprint density at radius 3 is 1.80 bits per heavy atom. The zero-order chi connectivity index (χ0) is 62.0. The van der Waals surface area contributed by atoms with Gasteiger partial charge in [-0.05, 0) is 55.4 Å². The largest absolute Gasteiger partial charge is 0.469 e. The van der Waals surface area contributed by atoms with E-state index in [1.54, 1.807) is 80.7 Å². The molecule has 21 heteroatoms. The maximum Gasteiger partial charge on any atom is 0.407 e. The van der Waals surface area contributed by atoms with E-state index in [1.807, 2.05) is 67.6 Å². The molecule has 2 saturated heterocycles. The second-order valence-corrected chi connectivity index (χ2v) is 22.4. The minimum atomic E-state index is -2.29. The molecule has 2 fully saturated rings. The number of ether oxygens (including phenoxy) is 7. The van der Waals surface area contributed by atoms with E-state index in [-0.39, 0.29) is 44.1 Å². The highest BCUT2D eigenvalue weighted by atomic mass is 16.7. The van der Waals surface area contributed by atoms with Crippen molar-refractivity contribution in [3.8, 4) is 11.1 Å². The summed E-state index contributed by atoms with van der Waals surface area (Å²) in [6, 6.07) is 14.2. The van der Waals surface area contributed by atoms with Crippen LogP contribution >= 0.6 is 0 Å². The number of rotatable bonds is 7. The van der Waals surface area contributed by atoms with Crippen molar-refractivity contribution in [2.75, 3.05) is 20.8 Å². The lowest BCUT2D eigenvalue weighted by Gasteiger charge is -2.50. The first-order chi connectivity index (χ1) is 40.6. The summed E-state index contributed by atoms with van der Waals surface area (Å²) in [5.74, 6) is -6.72. The molecule has 1 aliphatic carbocycles. The predicted molar refractivity (Wildman–Crippen MR) is 312 cm³/mol. The lowest BCUT2D eigenvalue weighted by atomic mass is 9.80. The van der Waals surface area contributed by atoms with Crippen molar-refractivity contribution in [3.63, 3.8) is 0 Å². The number of esters is 2. The lowest BCUT2D eigenvalue weighted by Crippen LogP contribution is -2.66. The average Bonchev–Trinajstić information content (AvgIpc) is 2.06. The molecule has 3 aliphatic heterocycles. The van der Waals surface area contributed by atoms with E-state index in [9.17, 15) is 65.4 Å². The highest BCUT2D eigenvalue weighted by molar-refractivity contribution is 5.79. The quantitative estimate of drug-likeness (QED) is 0.138. The van der Waals surface area contributed by atoms with Crippen LogP contribution in [0.1, 0.15) is 89.7 Å². The number of benzene rings is 2. The Morgan fingerprint density at radius 2 is 1.21 bits per heavy atom. The molecule has 3 heterocycles. The van der Waals surface area contributed by atoms with Gasteiger partial charge in [-0.1, -0.05) is 147 Å². The third kappa shape index (κ3) is 18.6. The number of alkyl carbamates (subject to hydrolysis) is 1. The molecule has 468 valence electrons. The predicted octanol–water partition coefficient (Wildman–Crippen LogP) is 4.01. The van der Waals surface area contributed by atoms with Crippen LogP contribution < -0.4 is 5.32 Å². The Kier molecular flexibility index (Phi) is 26.4. The number of fused-ring (bicyclic) bond motifs is 5. The van der Waals surface area contributed by atoms with Crippen molar-refractivity contribution in [1.29, 1.82) is 0 Å². The van der Waals surface area contributed by atoms with E-state index < -0.39 is 153 Å². The highest BCUT2D eigenvalue weighted by Gasteiger charge is 2.58. The molecule has 4 aliphatic rings. The van der Waals surface area contributed by atoms with E-state index >= 15 is 0 Å². The second-order valence-electron chi connectivity index (χ2n) is 22.4. The molecule has 0 spiro atoms. The number of aliphatic hydroxyl groups is 10. The molecule has 2 aromatic carbocycles. The minimum absolute atomic E-state index is 0.0543. The second kappa shape index (κ2) is 32.9. The summed E-state index contributed by atoms with van der Waals surface area (Å²) in [4.78, 5) is 39.9. The van der Waals surface area contributed by atoms with Gasteiger partial charge >= 0.3 is 18.0 Å². The zero-order valence-electron chi connectivity index (χ0n) is 49.0. The van der Waals surface area contributed by atoms with Crippen LogP contribution in [0, 0.1) is 17.8 Å². The van der Waals surface area contributed by atoms with Crippen LogP contribution in [0.2, 0.25) is 0 Å². The standard InChI is InChI=1S/C64H87NO20/c1-37-23-17-15-13-11-9-7-8-10-12-14-16-18-24-44(84-62-59(75)55(57(73)40(4)83-62)65-63(78)81-36-49-47-27-21-19-25-45(47)46-26-20-22-28-48(46)49)34-52-54(61(77)79-5)58(74)60(76)64(80-6,85-52)35-43(68)32-51(70)50(69)30-29-41(66)31-42(67)33-53(71)82-39(3)38(2)56(37)72/h7-28,37-44,49-52,54-60,62,66-70,72-76H,29-36H2,1-6H3,(H,65,78)/b8-7+,11-9+,12-10+,15-13+,16-14+,23-17+,24-18+. The third-order valence-corrected chi connectivity index (χ3v) is 16.3. The molecule has 1 amide bonds. The molecule has 85 heavy (non-hydrogen) atoms. The van der Waals surface area contributed by atoms with E-state index in [2.05, 4.69) is 5.32 Å². The SMILES string of the molecule is COC(=O)C1C2CC(OC3OC(C)C(O)C(NC(=O)OCC4c5ccccc5-c5ccccc54)C3O)/C=C/C=C/C=C/C=C/C=C/C=C/C=C/C(C)C(O)C(C)C(C)OC(=O)CC(O)CC(O)CCC(O)C(O)CC(O)CC(OC)(O2)C(O)C1O. The molecule has 21 nitrogen and oxygen atoms in total. The summed E-state index contributed by atoms with van der Waals surface area (Å²) in [5.41, 5.74) is 3.99. The maximum absolute atomic E-state index is 13.6. The first kappa shape index (κ1) is 68.4. The molecule has 0 aromatic heterocycles. The normalized spacial score (nSPS) is 38.8. The highest BCUT2D eigenvalue weighted by Crippen LogP contribution is 2.45. The Balaban J connectivity index is 1.24. The summed E-state index contributed by atoms with van der Waals surface area (Å²) in [5, 5.41) is 115. The number of nitrogens with one attached hydrogen (secondary N) is 1. The molecule has 20 unspecified atom stereocenters. The molecular formula is C64H87NO20. The van der Waals surface area contributed by atoms with E-state index in [1.165, 1.54) is 13.0 Å². The van der Waals surface area contributed by atoms with E-state index in [4.69, 9.17) is 33.2 Å². The topological polar surface area (TPSA) is 330 Å². The average molecular weight is 1190 g/mol. The van der Waals surface area contributed by atoms with Crippen LogP contribution in [0.5, 0.6) is 0 Å². The van der Waals surface area contributed by atoms with Crippen LogP contribution in [-0.4, -0.2) is 193 Å². The molecule has 2 aromatic rings. The van der Waals surface area contributed by atoms with Crippen LogP contribution in [0.3, 0.4) is 0 Å². The van der Waals surface area contributed by atoms with Gasteiger partial charge in [0.05, 0.1) is 74.5 Å². The maximum atomic E-state index is 13.6. The molecule has 11 N–H and O–H groups in total. The number of carbonyl (C=O) groups is 3. The van der Waals surface area contributed by atoms with Crippen LogP contribution in [-0.2, 0) is 42.7 Å². The monoisotopic (exact) mass is 1190 g/mol. The van der Waals surface area contributed by atoms with Gasteiger partial charge in [0, 0.05) is 44.1 Å². The summed E-state index contributed by atoms with van der Waals surface area (Å²) < 4.78 is 40.9. The molecule has 0 saturated carbocycles. The Hall–Kier alpha value is -5.73. The Morgan fingerprint density at radius 1 is 0.635 bits per heavy atom. The third-order valence-electron chi connectivity index (χ3n) is 16.3. The van der Waals surface area contributed by atoms with Crippen molar-refractivity contribution < 1.29 is 98.6 Å². The number of carbonyl (C=O) groups excluding carboxylic acids is 3. The number of allylic oxidation sites excluding steroid dienone is 12. The van der Waals surface area contributed by atoms with Crippen LogP contribution in [0.25, 0.3) is 11.1 Å². The Bertz CT molecular complexity index is 2630. The smallest absolute Gasteiger partial charge is 0.407 e. The van der Waals surface area contributed by atoms with Crippen molar-refractivity contribution >= 4 is 18.0 Å². The molecule has 6 rings (SSSR count). The van der Waals surface area contributed by atoms with Crippen LogP contribution in [0.15, 0.2) is 134 Å². The first-order valence-electron chi connectivity index (χ1n) is 29.0. The van der Waals surface area contributed by atoms with Crippen molar-refractivity contribution in [2.24, 2.45) is 17.8 Å². The van der Waals surface area contributed by atoms with Gasteiger partial charge in [-0.25, -0.2) is 4.79 Å². The van der Waals surface area contributed by atoms with E-state index in [0.29, 0.717) is 0 Å². The van der Waals surface area contributed by atoms with Gasteiger partial charge in [0.15, 0.2) is 12.1 Å². The van der Waals surface area contributed by atoms with Gasteiger partial charge in [0.25, 0.3) is 0 Å². The van der Waals surface area contributed by atoms with Crippen molar-refractivity contribution in [3.05, 3.63) is 145 Å². The fourth-order valence-electron chi connectivity index (χ4n) is 11.2. The first-order valence-corrected chi connectivity index (χ1v) is 29.0. The van der Waals surface area contributed by atoms with Gasteiger partial charge < -0.3 is 89.5 Å². The van der Waals surface area contributed by atoms with Gasteiger partial charge in [-0.15, -0.1) is 0 Å². The summed E-state index contributed by atoms with van der Waals surface area (Å²) in [7, 11) is 2.19. The fraction of sp³-hybridized carbons (Fsp3) is 0.547. The molecule has 0 radical (unpaired) electrons. The van der Waals surface area contributed by atoms with Crippen molar-refractivity contribution in [1.82, 2.24) is 5.32 Å². The number of methoxy groups -OCH3 is 2. The number of hydrogen-bond donors (Lipinski definition) is 11. The van der Waals surface area contributed by atoms with Gasteiger partial charge in [0.2, 0.25) is 0 Å². The van der Waals surface area contributed by atoms with Gasteiger partial charge in [0.1, 0.15) is 43.0 Å². The fourth-order valence-corrected chi connectivity index (χ4v) is 11.2. The van der Waals surface area contributed by atoms with Gasteiger partial charge in [-0.2, -0.15) is 0 Å². The summed E-state index contributed by atoms with van der Waals surface area (Å²) in [6.45, 7) is 6.66. The van der Waals surface area contributed by atoms with Crippen LogP contribution in [0.4, 0.5) is 4.79 Å². The number of cyclic esters (lactones) is 1. The Labute approximate surface area is 496 Å². The van der Waals surface area contributed by atoms with Gasteiger partial charge in [-0.3, -0.25) is 9.59 Å². The van der Waals surface area contributed by atoms with Crippen molar-refractivity contribution in [2.45, 2.75) is 182 Å². The minimum Gasteiger partial charge on any atom is -0.469 e. The number of amides is 1. The number of hydrogen-bond acceptors (Lipinski definition) is 20. The summed E-state index contributed by atoms with van der Waals surface area (Å²) in [6.07, 6.45) is -0.587. The number of aliphatic hydroxyl groups excluding tert-OH is 10. The zero-order valence-corrected chi connectivity index (χ0v) is 49.0. The molecular weight excluding hydrogens is 1100 g/mol. The molecule has 20 atom stereocenters. The summed E-state index contributed by atoms with van der Waals surface area (Å²) >= 11 is 0. The lowest BCUT2D eigenvalue weighted by molar-refractivity contribution is -0.356. The van der Waals surface area contributed by atoms with E-state index in [0.717, 1.165) is 36.5 Å². The molecule has 2 bridgehead atoms.